The first-order chi connectivity index (χ1) is 8.10. The molecular weight excluding hydrogens is 225 g/mol. The Hall–Kier alpha value is -2.37. The molecule has 6 heteroatoms. The molecule has 0 atom stereocenters. The van der Waals surface area contributed by atoms with Gasteiger partial charge in [-0.2, -0.15) is 0 Å². The Morgan fingerprint density at radius 2 is 2.18 bits per heavy atom. The Labute approximate surface area is 96.1 Å². The van der Waals surface area contributed by atoms with Crippen LogP contribution in [0.15, 0.2) is 29.1 Å². The minimum absolute atomic E-state index is 0.0604. The molecule has 3 N–H and O–H groups in total. The Morgan fingerprint density at radius 3 is 2.82 bits per heavy atom. The highest BCUT2D eigenvalue weighted by Gasteiger charge is 2.09. The van der Waals surface area contributed by atoms with Crippen LogP contribution in [0, 0.1) is 5.82 Å². The Kier molecular flexibility index (Phi) is 2.78. The topological polar surface area (TPSA) is 81.0 Å². The van der Waals surface area contributed by atoms with Gasteiger partial charge in [0.05, 0.1) is 12.8 Å². The summed E-state index contributed by atoms with van der Waals surface area (Å²) in [7, 11) is 1.47. The van der Waals surface area contributed by atoms with E-state index in [2.05, 4.69) is 9.97 Å². The summed E-state index contributed by atoms with van der Waals surface area (Å²) < 4.78 is 18.6. The summed E-state index contributed by atoms with van der Waals surface area (Å²) in [5.74, 6) is -0.0833. The first-order valence-corrected chi connectivity index (χ1v) is 4.81. The standard InChI is InChI=1S/C11H10FN3O2/c1-17-6-2-3-8(12)7(4-6)9-5-10(16)15-11(13)14-9/h2-5H,1H3,(H3,13,14,15,16). The molecule has 0 saturated carbocycles. The van der Waals surface area contributed by atoms with Crippen molar-refractivity contribution in [2.75, 3.05) is 12.8 Å². The number of halogens is 1. The van der Waals surface area contributed by atoms with Gasteiger partial charge in [-0.15, -0.1) is 0 Å². The minimum Gasteiger partial charge on any atom is -0.497 e. The number of aromatic amines is 1. The third-order valence-electron chi connectivity index (χ3n) is 2.21. The van der Waals surface area contributed by atoms with E-state index in [0.29, 0.717) is 5.75 Å². The summed E-state index contributed by atoms with van der Waals surface area (Å²) in [6.07, 6.45) is 0. The van der Waals surface area contributed by atoms with Crippen molar-refractivity contribution in [3.63, 3.8) is 0 Å². The van der Waals surface area contributed by atoms with Gasteiger partial charge in [0.2, 0.25) is 5.95 Å². The van der Waals surface area contributed by atoms with Gasteiger partial charge in [0.1, 0.15) is 11.6 Å². The van der Waals surface area contributed by atoms with Crippen LogP contribution in [0.25, 0.3) is 11.3 Å². The van der Waals surface area contributed by atoms with Crippen molar-refractivity contribution in [3.05, 3.63) is 40.4 Å². The number of nitrogens with zero attached hydrogens (tertiary/aromatic N) is 1. The van der Waals surface area contributed by atoms with E-state index in [4.69, 9.17) is 10.5 Å². The number of rotatable bonds is 2. The summed E-state index contributed by atoms with van der Waals surface area (Å²) in [5, 5.41) is 0. The Balaban J connectivity index is 2.62. The molecule has 0 radical (unpaired) electrons. The fourth-order valence-corrected chi connectivity index (χ4v) is 1.44. The van der Waals surface area contributed by atoms with Gasteiger partial charge in [0.25, 0.3) is 5.56 Å². The van der Waals surface area contributed by atoms with Crippen molar-refractivity contribution in [2.45, 2.75) is 0 Å². The zero-order valence-corrected chi connectivity index (χ0v) is 9.03. The van der Waals surface area contributed by atoms with Crippen molar-refractivity contribution < 1.29 is 9.13 Å². The van der Waals surface area contributed by atoms with Gasteiger partial charge >= 0.3 is 0 Å². The van der Waals surface area contributed by atoms with E-state index < -0.39 is 11.4 Å². The molecule has 0 amide bonds. The predicted molar refractivity (Wildman–Crippen MR) is 61.2 cm³/mol. The van der Waals surface area contributed by atoms with Crippen molar-refractivity contribution in [1.82, 2.24) is 9.97 Å². The van der Waals surface area contributed by atoms with Gasteiger partial charge in [0.15, 0.2) is 0 Å². The molecule has 0 unspecified atom stereocenters. The molecule has 0 saturated heterocycles. The van der Waals surface area contributed by atoms with E-state index in [9.17, 15) is 9.18 Å². The molecular formula is C11H10FN3O2. The molecule has 1 aromatic heterocycles. The zero-order chi connectivity index (χ0) is 12.4. The number of anilines is 1. The van der Waals surface area contributed by atoms with Crippen LogP contribution in [-0.2, 0) is 0 Å². The summed E-state index contributed by atoms with van der Waals surface area (Å²) in [5.41, 5.74) is 5.30. The van der Waals surface area contributed by atoms with Crippen molar-refractivity contribution >= 4 is 5.95 Å². The smallest absolute Gasteiger partial charge is 0.252 e. The van der Waals surface area contributed by atoms with E-state index in [0.717, 1.165) is 0 Å². The molecule has 0 fully saturated rings. The van der Waals surface area contributed by atoms with Crippen molar-refractivity contribution in [2.24, 2.45) is 0 Å². The lowest BCUT2D eigenvalue weighted by molar-refractivity contribution is 0.414. The lowest BCUT2D eigenvalue weighted by Crippen LogP contribution is -2.10. The fraction of sp³-hybridized carbons (Fsp3) is 0.0909. The van der Waals surface area contributed by atoms with E-state index in [1.165, 1.54) is 31.4 Å². The van der Waals surface area contributed by atoms with Crippen LogP contribution in [0.2, 0.25) is 0 Å². The Bertz CT molecular complexity index is 610. The van der Waals surface area contributed by atoms with Crippen LogP contribution in [0.5, 0.6) is 5.75 Å². The first kappa shape index (κ1) is 11.1. The quantitative estimate of drug-likeness (QED) is 0.818. The highest BCUT2D eigenvalue weighted by atomic mass is 19.1. The number of nitrogen functional groups attached to an aromatic ring is 1. The highest BCUT2D eigenvalue weighted by Crippen LogP contribution is 2.24. The number of H-pyrrole nitrogens is 1. The molecule has 0 aliphatic carbocycles. The molecule has 2 rings (SSSR count). The number of ether oxygens (including phenoxy) is 1. The monoisotopic (exact) mass is 235 g/mol. The van der Waals surface area contributed by atoms with Crippen LogP contribution in [0.3, 0.4) is 0 Å². The molecule has 1 aromatic carbocycles. The number of nitrogens with two attached hydrogens (primary N) is 1. The van der Waals surface area contributed by atoms with E-state index in [-0.39, 0.29) is 17.2 Å². The SMILES string of the molecule is COc1ccc(F)c(-c2cc(=O)[nH]c(N)n2)c1. The molecule has 1 heterocycles. The molecule has 0 spiro atoms. The summed E-state index contributed by atoms with van der Waals surface area (Å²) >= 11 is 0. The lowest BCUT2D eigenvalue weighted by atomic mass is 10.1. The third-order valence-corrected chi connectivity index (χ3v) is 2.21. The first-order valence-electron chi connectivity index (χ1n) is 4.81. The number of nitrogens with one attached hydrogen (secondary N) is 1. The van der Waals surface area contributed by atoms with Crippen LogP contribution < -0.4 is 16.0 Å². The maximum atomic E-state index is 13.6. The lowest BCUT2D eigenvalue weighted by Gasteiger charge is -2.05. The number of methoxy groups -OCH3 is 1. The molecule has 5 nitrogen and oxygen atoms in total. The average molecular weight is 235 g/mol. The summed E-state index contributed by atoms with van der Waals surface area (Å²) in [4.78, 5) is 17.4. The Morgan fingerprint density at radius 1 is 1.41 bits per heavy atom. The van der Waals surface area contributed by atoms with Crippen molar-refractivity contribution in [1.29, 1.82) is 0 Å². The summed E-state index contributed by atoms with van der Waals surface area (Å²) in [6, 6.07) is 5.35. The number of aromatic nitrogens is 2. The molecule has 2 aromatic rings. The second-order valence-corrected chi connectivity index (χ2v) is 3.36. The van der Waals surface area contributed by atoms with Gasteiger partial charge < -0.3 is 10.5 Å². The van der Waals surface area contributed by atoms with Crippen LogP contribution in [0.1, 0.15) is 0 Å². The maximum Gasteiger partial charge on any atom is 0.252 e. The van der Waals surface area contributed by atoms with Gasteiger partial charge in [-0.25, -0.2) is 9.37 Å². The predicted octanol–water partition coefficient (Wildman–Crippen LogP) is 1.17. The van der Waals surface area contributed by atoms with E-state index in [1.54, 1.807) is 0 Å². The van der Waals surface area contributed by atoms with Gasteiger partial charge in [0, 0.05) is 11.6 Å². The normalized spacial score (nSPS) is 10.2. The average Bonchev–Trinajstić information content (AvgIpc) is 2.28. The second-order valence-electron chi connectivity index (χ2n) is 3.36. The zero-order valence-electron chi connectivity index (χ0n) is 9.03. The minimum atomic E-state index is -0.497. The van der Waals surface area contributed by atoms with Crippen LogP contribution >= 0.6 is 0 Å². The van der Waals surface area contributed by atoms with Crippen LogP contribution in [0.4, 0.5) is 10.3 Å². The maximum absolute atomic E-state index is 13.6. The highest BCUT2D eigenvalue weighted by molar-refractivity contribution is 5.62. The third kappa shape index (κ3) is 2.25. The fourth-order valence-electron chi connectivity index (χ4n) is 1.44. The molecule has 0 aliphatic rings. The number of benzene rings is 1. The second kappa shape index (κ2) is 4.25. The molecule has 88 valence electrons. The number of hydrogen-bond donors (Lipinski definition) is 2. The van der Waals surface area contributed by atoms with E-state index >= 15 is 0 Å². The molecule has 0 aliphatic heterocycles. The molecule has 17 heavy (non-hydrogen) atoms. The van der Waals surface area contributed by atoms with Crippen molar-refractivity contribution in [3.8, 4) is 17.0 Å². The van der Waals surface area contributed by atoms with E-state index in [1.807, 2.05) is 0 Å². The van der Waals surface area contributed by atoms with Gasteiger partial charge in [-0.3, -0.25) is 9.78 Å². The van der Waals surface area contributed by atoms with Gasteiger partial charge in [-0.1, -0.05) is 0 Å². The largest absolute Gasteiger partial charge is 0.497 e. The van der Waals surface area contributed by atoms with Crippen LogP contribution in [-0.4, -0.2) is 17.1 Å². The van der Waals surface area contributed by atoms with Gasteiger partial charge in [-0.05, 0) is 18.2 Å². The summed E-state index contributed by atoms with van der Waals surface area (Å²) in [6.45, 7) is 0. The molecule has 0 bridgehead atoms. The number of hydrogen-bond acceptors (Lipinski definition) is 4.